The highest BCUT2D eigenvalue weighted by Gasteiger charge is 2.40. The van der Waals surface area contributed by atoms with Crippen LogP contribution in [0.25, 0.3) is 0 Å². The largest absolute Gasteiger partial charge is 0.345 e. The van der Waals surface area contributed by atoms with Crippen LogP contribution in [0.1, 0.15) is 52.9 Å². The molecule has 0 aromatic rings. The van der Waals surface area contributed by atoms with Crippen LogP contribution in [0.3, 0.4) is 0 Å². The van der Waals surface area contributed by atoms with Crippen LogP contribution in [0.15, 0.2) is 0 Å². The van der Waals surface area contributed by atoms with Crippen LogP contribution in [0.4, 0.5) is 0 Å². The first-order valence-corrected chi connectivity index (χ1v) is 7.46. The maximum absolute atomic E-state index is 12.5. The fourth-order valence-electron chi connectivity index (χ4n) is 2.56. The van der Waals surface area contributed by atoms with Gasteiger partial charge in [-0.2, -0.15) is 0 Å². The van der Waals surface area contributed by atoms with E-state index in [0.717, 1.165) is 45.3 Å². The van der Waals surface area contributed by atoms with Crippen molar-refractivity contribution < 1.29 is 9.59 Å². The van der Waals surface area contributed by atoms with Crippen LogP contribution in [0, 0.1) is 5.41 Å². The summed E-state index contributed by atoms with van der Waals surface area (Å²) in [5.41, 5.74) is -0.931. The van der Waals surface area contributed by atoms with Crippen molar-refractivity contribution in [3.63, 3.8) is 0 Å². The van der Waals surface area contributed by atoms with Crippen LogP contribution >= 0.6 is 0 Å². The Bertz CT molecular complexity index is 320. The molecule has 4 heteroatoms. The molecule has 1 aliphatic heterocycles. The Morgan fingerprint density at radius 2 is 1.74 bits per heavy atom. The quantitative estimate of drug-likeness (QED) is 0.718. The van der Waals surface area contributed by atoms with Crippen molar-refractivity contribution in [1.29, 1.82) is 0 Å². The van der Waals surface area contributed by atoms with E-state index < -0.39 is 5.41 Å². The molecule has 0 unspecified atom stereocenters. The van der Waals surface area contributed by atoms with Crippen molar-refractivity contribution in [2.24, 2.45) is 5.41 Å². The van der Waals surface area contributed by atoms with Gasteiger partial charge < -0.3 is 9.80 Å². The molecule has 110 valence electrons. The summed E-state index contributed by atoms with van der Waals surface area (Å²) in [5.74, 6) is -0.0722. The van der Waals surface area contributed by atoms with Gasteiger partial charge >= 0.3 is 0 Å². The fraction of sp³-hybridized carbons (Fsp3) is 0.867. The minimum atomic E-state index is -0.931. The summed E-state index contributed by atoms with van der Waals surface area (Å²) in [6.45, 7) is 7.94. The van der Waals surface area contributed by atoms with Gasteiger partial charge in [-0.05, 0) is 39.5 Å². The van der Waals surface area contributed by atoms with Crippen molar-refractivity contribution in [3.05, 3.63) is 0 Å². The summed E-state index contributed by atoms with van der Waals surface area (Å²) >= 11 is 0. The van der Waals surface area contributed by atoms with E-state index in [1.54, 1.807) is 25.8 Å². The van der Waals surface area contributed by atoms with Gasteiger partial charge in [0, 0.05) is 26.7 Å². The summed E-state index contributed by atoms with van der Waals surface area (Å²) < 4.78 is 0. The molecule has 0 N–H and O–H groups in total. The summed E-state index contributed by atoms with van der Waals surface area (Å²) in [4.78, 5) is 28.5. The Balaban J connectivity index is 2.66. The van der Waals surface area contributed by atoms with Gasteiger partial charge in [-0.15, -0.1) is 0 Å². The molecule has 2 amide bonds. The van der Waals surface area contributed by atoms with Crippen molar-refractivity contribution in [2.45, 2.75) is 52.9 Å². The van der Waals surface area contributed by atoms with E-state index in [-0.39, 0.29) is 11.8 Å². The molecular formula is C15H28N2O2. The monoisotopic (exact) mass is 268 g/mol. The highest BCUT2D eigenvalue weighted by atomic mass is 16.2. The van der Waals surface area contributed by atoms with Crippen LogP contribution in [-0.4, -0.2) is 48.3 Å². The number of unbranched alkanes of at least 4 members (excludes halogenated alkanes) is 1. The zero-order valence-electron chi connectivity index (χ0n) is 12.9. The van der Waals surface area contributed by atoms with Crippen molar-refractivity contribution >= 4 is 11.8 Å². The number of carbonyl (C=O) groups excluding carboxylic acids is 2. The third kappa shape index (κ3) is 3.95. The lowest BCUT2D eigenvalue weighted by molar-refractivity contribution is -0.154. The minimum Gasteiger partial charge on any atom is -0.345 e. The predicted molar refractivity (Wildman–Crippen MR) is 76.8 cm³/mol. The molecule has 19 heavy (non-hydrogen) atoms. The highest BCUT2D eigenvalue weighted by molar-refractivity contribution is 6.04. The Kier molecular flexibility index (Phi) is 5.83. The van der Waals surface area contributed by atoms with Crippen LogP contribution in [-0.2, 0) is 9.59 Å². The Morgan fingerprint density at radius 1 is 1.16 bits per heavy atom. The molecule has 1 rings (SSSR count). The van der Waals surface area contributed by atoms with E-state index in [1.165, 1.54) is 6.42 Å². The standard InChI is InChI=1S/C15H28N2O2/c1-5-6-10-16(4)13(18)15(2,3)14(19)17-11-8-7-9-12-17/h5-12H2,1-4H3. The van der Waals surface area contributed by atoms with E-state index in [1.807, 2.05) is 4.90 Å². The Hall–Kier alpha value is -1.06. The van der Waals surface area contributed by atoms with Crippen LogP contribution < -0.4 is 0 Å². The molecule has 0 atom stereocenters. The first-order chi connectivity index (χ1) is 8.91. The Morgan fingerprint density at radius 3 is 2.26 bits per heavy atom. The average Bonchev–Trinajstić information content (AvgIpc) is 2.43. The molecule has 1 aliphatic rings. The zero-order chi connectivity index (χ0) is 14.5. The molecule has 1 fully saturated rings. The summed E-state index contributed by atoms with van der Waals surface area (Å²) in [7, 11) is 1.79. The lowest BCUT2D eigenvalue weighted by Crippen LogP contribution is -2.51. The number of rotatable bonds is 5. The van der Waals surface area contributed by atoms with Gasteiger partial charge in [-0.1, -0.05) is 13.3 Å². The SMILES string of the molecule is CCCCN(C)C(=O)C(C)(C)C(=O)N1CCCCC1. The van der Waals surface area contributed by atoms with Gasteiger partial charge in [0.1, 0.15) is 5.41 Å². The lowest BCUT2D eigenvalue weighted by atomic mass is 9.88. The van der Waals surface area contributed by atoms with E-state index in [0.29, 0.717) is 0 Å². The number of hydrogen-bond donors (Lipinski definition) is 0. The van der Waals surface area contributed by atoms with Gasteiger partial charge in [-0.3, -0.25) is 9.59 Å². The van der Waals surface area contributed by atoms with Gasteiger partial charge in [-0.25, -0.2) is 0 Å². The van der Waals surface area contributed by atoms with Crippen LogP contribution in [0.2, 0.25) is 0 Å². The molecule has 0 bridgehead atoms. The van der Waals surface area contributed by atoms with Crippen LogP contribution in [0.5, 0.6) is 0 Å². The second-order valence-electron chi connectivity index (χ2n) is 6.06. The minimum absolute atomic E-state index is 0.0134. The Labute approximate surface area is 117 Å². The third-order valence-corrected chi connectivity index (χ3v) is 3.91. The third-order valence-electron chi connectivity index (χ3n) is 3.91. The maximum Gasteiger partial charge on any atom is 0.237 e. The van der Waals surface area contributed by atoms with Gasteiger partial charge in [0.25, 0.3) is 0 Å². The number of amides is 2. The normalized spacial score (nSPS) is 16.3. The molecule has 4 nitrogen and oxygen atoms in total. The predicted octanol–water partition coefficient (Wildman–Crippen LogP) is 2.28. The number of piperidine rings is 1. The molecule has 0 aromatic heterocycles. The number of nitrogens with zero attached hydrogens (tertiary/aromatic N) is 2. The summed E-state index contributed by atoms with van der Waals surface area (Å²) in [6.07, 6.45) is 5.34. The highest BCUT2D eigenvalue weighted by Crippen LogP contribution is 2.24. The first-order valence-electron chi connectivity index (χ1n) is 7.46. The smallest absolute Gasteiger partial charge is 0.237 e. The molecule has 1 heterocycles. The summed E-state index contributed by atoms with van der Waals surface area (Å²) in [5, 5.41) is 0. The van der Waals surface area contributed by atoms with E-state index in [4.69, 9.17) is 0 Å². The van der Waals surface area contributed by atoms with E-state index in [9.17, 15) is 9.59 Å². The molecule has 0 spiro atoms. The molecule has 0 aliphatic carbocycles. The average molecular weight is 268 g/mol. The lowest BCUT2D eigenvalue weighted by Gasteiger charge is -2.35. The number of hydrogen-bond acceptors (Lipinski definition) is 2. The topological polar surface area (TPSA) is 40.6 Å². The van der Waals surface area contributed by atoms with Crippen molar-refractivity contribution in [1.82, 2.24) is 9.80 Å². The maximum atomic E-state index is 12.5. The number of likely N-dealkylation sites (tertiary alicyclic amines) is 1. The second-order valence-corrected chi connectivity index (χ2v) is 6.06. The molecule has 0 radical (unpaired) electrons. The van der Waals surface area contributed by atoms with Gasteiger partial charge in [0.05, 0.1) is 0 Å². The molecular weight excluding hydrogens is 240 g/mol. The second kappa shape index (κ2) is 6.92. The number of carbonyl (C=O) groups is 2. The summed E-state index contributed by atoms with van der Waals surface area (Å²) in [6, 6.07) is 0. The van der Waals surface area contributed by atoms with E-state index in [2.05, 4.69) is 6.92 Å². The zero-order valence-corrected chi connectivity index (χ0v) is 12.9. The van der Waals surface area contributed by atoms with E-state index >= 15 is 0 Å². The van der Waals surface area contributed by atoms with Crippen molar-refractivity contribution in [2.75, 3.05) is 26.7 Å². The van der Waals surface area contributed by atoms with Gasteiger partial charge in [0.15, 0.2) is 0 Å². The molecule has 0 saturated carbocycles. The molecule has 1 saturated heterocycles. The first kappa shape index (κ1) is 16.0. The fourth-order valence-corrected chi connectivity index (χ4v) is 2.56. The molecule has 0 aromatic carbocycles. The van der Waals surface area contributed by atoms with Gasteiger partial charge in [0.2, 0.25) is 11.8 Å². The van der Waals surface area contributed by atoms with Crippen molar-refractivity contribution in [3.8, 4) is 0 Å².